The monoisotopic (exact) mass is 384 g/mol. The molecule has 1 N–H and O–H groups in total. The van der Waals surface area contributed by atoms with Gasteiger partial charge in [-0.05, 0) is 36.4 Å². The van der Waals surface area contributed by atoms with E-state index in [0.29, 0.717) is 28.2 Å². The van der Waals surface area contributed by atoms with E-state index in [2.05, 4.69) is 20.3 Å². The van der Waals surface area contributed by atoms with E-state index in [1.165, 1.54) is 13.1 Å². The maximum atomic E-state index is 12.9. The van der Waals surface area contributed by atoms with Gasteiger partial charge in [-0.1, -0.05) is 30.3 Å². The number of carbonyl (C=O) groups is 2. The van der Waals surface area contributed by atoms with Gasteiger partial charge in [0.05, 0.1) is 22.9 Å². The van der Waals surface area contributed by atoms with Crippen molar-refractivity contribution in [3.63, 3.8) is 0 Å². The van der Waals surface area contributed by atoms with E-state index in [1.807, 2.05) is 30.3 Å². The highest BCUT2D eigenvalue weighted by atomic mass is 16.5. The van der Waals surface area contributed by atoms with Crippen LogP contribution in [0.2, 0.25) is 0 Å². The molecule has 0 saturated carbocycles. The van der Waals surface area contributed by atoms with E-state index < -0.39 is 5.91 Å². The summed E-state index contributed by atoms with van der Waals surface area (Å²) in [4.78, 5) is 37.2. The van der Waals surface area contributed by atoms with E-state index in [9.17, 15) is 9.59 Å². The predicted octanol–water partition coefficient (Wildman–Crippen LogP) is 4.27. The number of anilines is 1. The van der Waals surface area contributed by atoms with Gasteiger partial charge in [0.25, 0.3) is 11.8 Å². The minimum absolute atomic E-state index is 0.0446. The summed E-state index contributed by atoms with van der Waals surface area (Å²) in [6.45, 7) is 1.43. The topological polar surface area (TPSA) is 94.1 Å². The zero-order chi connectivity index (χ0) is 20.2. The molecule has 2 aromatic heterocycles. The molecule has 0 aliphatic carbocycles. The van der Waals surface area contributed by atoms with Gasteiger partial charge in [0.1, 0.15) is 11.4 Å². The average molecular weight is 384 g/mol. The van der Waals surface area contributed by atoms with Gasteiger partial charge in [-0.2, -0.15) is 0 Å². The molecule has 4 rings (SSSR count). The molecular weight excluding hydrogens is 368 g/mol. The summed E-state index contributed by atoms with van der Waals surface area (Å²) < 4.78 is 5.83. The number of pyridine rings is 1. The summed E-state index contributed by atoms with van der Waals surface area (Å²) in [5, 5.41) is 2.72. The van der Waals surface area contributed by atoms with E-state index in [0.717, 1.165) is 0 Å². The van der Waals surface area contributed by atoms with Crippen molar-refractivity contribution in [2.24, 2.45) is 0 Å². The summed E-state index contributed by atoms with van der Waals surface area (Å²) in [5.74, 6) is -0.00676. The third-order valence-electron chi connectivity index (χ3n) is 4.09. The van der Waals surface area contributed by atoms with Gasteiger partial charge < -0.3 is 10.1 Å². The van der Waals surface area contributed by atoms with E-state index >= 15 is 0 Å². The minimum atomic E-state index is -0.494. The quantitative estimate of drug-likeness (QED) is 0.516. The Hall–Kier alpha value is -4.13. The fraction of sp³-hybridized carbons (Fsp3) is 0.0455. The molecule has 2 aromatic carbocycles. The van der Waals surface area contributed by atoms with Crippen molar-refractivity contribution >= 4 is 28.4 Å². The molecule has 1 amide bonds. The second-order valence-corrected chi connectivity index (χ2v) is 6.22. The second-order valence-electron chi connectivity index (χ2n) is 6.22. The first-order chi connectivity index (χ1) is 14.1. The van der Waals surface area contributed by atoms with Gasteiger partial charge in [-0.15, -0.1) is 0 Å². The Morgan fingerprint density at radius 3 is 2.21 bits per heavy atom. The number of ketones is 1. The number of Topliss-reactive ketones (excluding diaryl/α,β-unsaturated/α-hetero) is 1. The van der Waals surface area contributed by atoms with Crippen LogP contribution in [0.5, 0.6) is 11.6 Å². The Morgan fingerprint density at radius 1 is 0.862 bits per heavy atom. The van der Waals surface area contributed by atoms with Crippen molar-refractivity contribution in [1.29, 1.82) is 0 Å². The molecule has 0 aliphatic heterocycles. The summed E-state index contributed by atoms with van der Waals surface area (Å²) in [5.41, 5.74) is 1.98. The molecule has 0 saturated heterocycles. The van der Waals surface area contributed by atoms with Gasteiger partial charge in [-0.25, -0.2) is 9.97 Å². The Morgan fingerprint density at radius 2 is 1.55 bits per heavy atom. The first kappa shape index (κ1) is 18.2. The van der Waals surface area contributed by atoms with Crippen LogP contribution in [0.3, 0.4) is 0 Å². The molecule has 29 heavy (non-hydrogen) atoms. The lowest BCUT2D eigenvalue weighted by molar-refractivity contribution is 0.100. The Balaban J connectivity index is 1.69. The Kier molecular flexibility index (Phi) is 4.94. The van der Waals surface area contributed by atoms with Crippen LogP contribution in [-0.4, -0.2) is 26.6 Å². The molecule has 0 unspecified atom stereocenters. The van der Waals surface area contributed by atoms with Gasteiger partial charge >= 0.3 is 0 Å². The van der Waals surface area contributed by atoms with Gasteiger partial charge in [0, 0.05) is 6.92 Å². The van der Waals surface area contributed by atoms with Crippen molar-refractivity contribution in [2.45, 2.75) is 6.92 Å². The molecule has 0 bridgehead atoms. The fourth-order valence-electron chi connectivity index (χ4n) is 2.67. The molecule has 0 radical (unpaired) electrons. The summed E-state index contributed by atoms with van der Waals surface area (Å²) in [7, 11) is 0. The number of aromatic nitrogens is 3. The number of para-hydroxylation sites is 3. The van der Waals surface area contributed by atoms with Gasteiger partial charge in [0.15, 0.2) is 11.5 Å². The van der Waals surface area contributed by atoms with E-state index in [-0.39, 0.29) is 17.4 Å². The van der Waals surface area contributed by atoms with Crippen LogP contribution in [0.15, 0.2) is 72.9 Å². The van der Waals surface area contributed by atoms with Crippen LogP contribution in [0.25, 0.3) is 11.0 Å². The lowest BCUT2D eigenvalue weighted by Crippen LogP contribution is -2.16. The van der Waals surface area contributed by atoms with E-state index in [4.69, 9.17) is 4.74 Å². The van der Waals surface area contributed by atoms with Crippen molar-refractivity contribution in [3.8, 4) is 11.6 Å². The maximum Gasteiger partial charge on any atom is 0.279 e. The van der Waals surface area contributed by atoms with Crippen molar-refractivity contribution in [1.82, 2.24) is 15.0 Å². The number of ether oxygens (including phenoxy) is 1. The minimum Gasteiger partial charge on any atom is -0.437 e. The number of nitrogens with zero attached hydrogens (tertiary/aromatic N) is 3. The highest BCUT2D eigenvalue weighted by Crippen LogP contribution is 2.25. The number of fused-ring (bicyclic) bond motifs is 1. The van der Waals surface area contributed by atoms with Crippen LogP contribution < -0.4 is 10.1 Å². The second kappa shape index (κ2) is 7.85. The number of amides is 1. The standard InChI is InChI=1S/C22H16N4O3/c1-14(27)17-12-11-15(13-23-17)24-21(28)20-22(29-16-7-3-2-4-8-16)26-19-10-6-5-9-18(19)25-20/h2-13H,1H3,(H,24,28). The summed E-state index contributed by atoms with van der Waals surface area (Å²) in [6, 6.07) is 19.4. The zero-order valence-electron chi connectivity index (χ0n) is 15.5. The normalized spacial score (nSPS) is 10.5. The molecule has 7 nitrogen and oxygen atoms in total. The van der Waals surface area contributed by atoms with Crippen LogP contribution in [0.1, 0.15) is 27.9 Å². The summed E-state index contributed by atoms with van der Waals surface area (Å²) in [6.07, 6.45) is 1.42. The zero-order valence-corrected chi connectivity index (χ0v) is 15.5. The Bertz CT molecular complexity index is 1190. The van der Waals surface area contributed by atoms with Crippen LogP contribution in [0.4, 0.5) is 5.69 Å². The van der Waals surface area contributed by atoms with Crippen molar-refractivity contribution < 1.29 is 14.3 Å². The average Bonchev–Trinajstić information content (AvgIpc) is 2.74. The number of hydrogen-bond acceptors (Lipinski definition) is 6. The first-order valence-electron chi connectivity index (χ1n) is 8.88. The van der Waals surface area contributed by atoms with Gasteiger partial charge in [-0.3, -0.25) is 14.6 Å². The third-order valence-corrected chi connectivity index (χ3v) is 4.09. The highest BCUT2D eigenvalue weighted by molar-refractivity contribution is 6.05. The smallest absolute Gasteiger partial charge is 0.279 e. The fourth-order valence-corrected chi connectivity index (χ4v) is 2.67. The number of nitrogens with one attached hydrogen (secondary N) is 1. The molecule has 4 aromatic rings. The van der Waals surface area contributed by atoms with Gasteiger partial charge in [0.2, 0.25) is 0 Å². The molecule has 0 spiro atoms. The third kappa shape index (κ3) is 4.08. The SMILES string of the molecule is CC(=O)c1ccc(NC(=O)c2nc3ccccc3nc2Oc2ccccc2)cn1. The van der Waals surface area contributed by atoms with Crippen molar-refractivity contribution in [2.75, 3.05) is 5.32 Å². The lowest BCUT2D eigenvalue weighted by Gasteiger charge is -2.11. The molecule has 0 fully saturated rings. The van der Waals surface area contributed by atoms with E-state index in [1.54, 1.807) is 36.4 Å². The largest absolute Gasteiger partial charge is 0.437 e. The first-order valence-corrected chi connectivity index (χ1v) is 8.88. The molecule has 2 heterocycles. The van der Waals surface area contributed by atoms with Crippen LogP contribution >= 0.6 is 0 Å². The number of carbonyl (C=O) groups excluding carboxylic acids is 2. The van der Waals surface area contributed by atoms with Crippen LogP contribution in [0, 0.1) is 0 Å². The molecule has 142 valence electrons. The number of hydrogen-bond donors (Lipinski definition) is 1. The number of rotatable bonds is 5. The Labute approximate surface area is 166 Å². The predicted molar refractivity (Wildman–Crippen MR) is 108 cm³/mol. The van der Waals surface area contributed by atoms with Crippen LogP contribution in [-0.2, 0) is 0 Å². The maximum absolute atomic E-state index is 12.9. The van der Waals surface area contributed by atoms with Crippen molar-refractivity contribution in [3.05, 3.63) is 84.3 Å². The number of benzene rings is 2. The molecular formula is C22H16N4O3. The molecule has 0 aliphatic rings. The molecule has 0 atom stereocenters. The highest BCUT2D eigenvalue weighted by Gasteiger charge is 2.19. The molecule has 7 heteroatoms. The summed E-state index contributed by atoms with van der Waals surface area (Å²) >= 11 is 0. The lowest BCUT2D eigenvalue weighted by atomic mass is 10.2.